The highest BCUT2D eigenvalue weighted by molar-refractivity contribution is 5.77. The molecule has 0 atom stereocenters. The molecule has 0 saturated carbocycles. The van der Waals surface area contributed by atoms with Gasteiger partial charge in [0.25, 0.3) is 0 Å². The van der Waals surface area contributed by atoms with E-state index >= 15 is 0 Å². The van der Waals surface area contributed by atoms with Crippen LogP contribution in [0.4, 0.5) is 8.78 Å². The summed E-state index contributed by atoms with van der Waals surface area (Å²) in [6.45, 7) is -2.46. The van der Waals surface area contributed by atoms with Crippen molar-refractivity contribution >= 4 is 5.91 Å². The molecule has 1 heterocycles. The minimum Gasteiger partial charge on any atom is -0.493 e. The number of alkyl halides is 2. The van der Waals surface area contributed by atoms with Gasteiger partial charge in [0.05, 0.1) is 20.2 Å². The van der Waals surface area contributed by atoms with E-state index in [1.165, 1.54) is 30.2 Å². The van der Waals surface area contributed by atoms with Gasteiger partial charge in [-0.05, 0) is 25.2 Å². The summed E-state index contributed by atoms with van der Waals surface area (Å²) in [5.74, 6) is 0.585. The largest absolute Gasteiger partial charge is 0.493 e. The number of aromatic nitrogens is 2. The van der Waals surface area contributed by atoms with Crippen LogP contribution in [0.2, 0.25) is 0 Å². The number of benzene rings is 1. The summed E-state index contributed by atoms with van der Waals surface area (Å²) in [5.41, 5.74) is 0.519. The smallest absolute Gasteiger partial charge is 0.387 e. The molecular formula is C16H20F2N4O4. The van der Waals surface area contributed by atoms with Gasteiger partial charge >= 0.3 is 6.61 Å². The van der Waals surface area contributed by atoms with Gasteiger partial charge in [0.1, 0.15) is 0 Å². The van der Waals surface area contributed by atoms with Gasteiger partial charge in [0, 0.05) is 19.7 Å². The molecule has 2 rings (SSSR count). The minimum atomic E-state index is -2.95. The molecule has 0 aliphatic carbocycles. The number of hydrogen-bond acceptors (Lipinski definition) is 7. The van der Waals surface area contributed by atoms with Crippen molar-refractivity contribution in [1.29, 1.82) is 0 Å². The summed E-state index contributed by atoms with van der Waals surface area (Å²) in [7, 11) is 6.45. The van der Waals surface area contributed by atoms with Gasteiger partial charge in [-0.3, -0.25) is 9.69 Å². The first-order chi connectivity index (χ1) is 12.3. The van der Waals surface area contributed by atoms with Crippen LogP contribution in [0.25, 0.3) is 11.4 Å². The first-order valence-corrected chi connectivity index (χ1v) is 7.64. The van der Waals surface area contributed by atoms with E-state index in [4.69, 9.17) is 9.26 Å². The van der Waals surface area contributed by atoms with Gasteiger partial charge in [0.15, 0.2) is 11.5 Å². The Kier molecular flexibility index (Phi) is 6.45. The van der Waals surface area contributed by atoms with Crippen LogP contribution in [-0.4, -0.2) is 67.3 Å². The molecule has 142 valence electrons. The Bertz CT molecular complexity index is 752. The maximum absolute atomic E-state index is 12.4. The SMILES string of the molecule is COc1cc(-c2noc(CN(C)CC(=O)N(C)C)n2)ccc1OC(F)F. The zero-order valence-corrected chi connectivity index (χ0v) is 14.9. The van der Waals surface area contributed by atoms with E-state index in [0.717, 1.165) is 0 Å². The Balaban J connectivity index is 2.10. The molecular weight excluding hydrogens is 350 g/mol. The number of amides is 1. The van der Waals surface area contributed by atoms with Gasteiger partial charge < -0.3 is 18.9 Å². The molecule has 10 heteroatoms. The molecule has 0 aliphatic rings. The van der Waals surface area contributed by atoms with E-state index < -0.39 is 6.61 Å². The highest BCUT2D eigenvalue weighted by Gasteiger charge is 2.16. The fraction of sp³-hybridized carbons (Fsp3) is 0.438. The van der Waals surface area contributed by atoms with E-state index in [9.17, 15) is 13.6 Å². The predicted octanol–water partition coefficient (Wildman–Crippen LogP) is 1.87. The number of ether oxygens (including phenoxy) is 2. The van der Waals surface area contributed by atoms with Crippen LogP contribution in [-0.2, 0) is 11.3 Å². The third-order valence-electron chi connectivity index (χ3n) is 3.42. The van der Waals surface area contributed by atoms with Crippen molar-refractivity contribution in [3.8, 4) is 22.9 Å². The first kappa shape index (κ1) is 19.6. The highest BCUT2D eigenvalue weighted by atomic mass is 19.3. The lowest BCUT2D eigenvalue weighted by Crippen LogP contribution is -2.34. The molecule has 0 fully saturated rings. The van der Waals surface area contributed by atoms with E-state index in [1.807, 2.05) is 0 Å². The number of carbonyl (C=O) groups is 1. The second kappa shape index (κ2) is 8.56. The third kappa shape index (κ3) is 5.12. The Morgan fingerprint density at radius 2 is 2.00 bits per heavy atom. The van der Waals surface area contributed by atoms with Gasteiger partial charge in [-0.2, -0.15) is 13.8 Å². The number of likely N-dealkylation sites (N-methyl/N-ethyl adjacent to an activating group) is 2. The second-order valence-corrected chi connectivity index (χ2v) is 5.72. The molecule has 0 spiro atoms. The summed E-state index contributed by atoms with van der Waals surface area (Å²) in [4.78, 5) is 19.2. The maximum atomic E-state index is 12.4. The predicted molar refractivity (Wildman–Crippen MR) is 87.9 cm³/mol. The molecule has 0 unspecified atom stereocenters. The zero-order valence-electron chi connectivity index (χ0n) is 14.9. The van der Waals surface area contributed by atoms with Crippen molar-refractivity contribution < 1.29 is 27.6 Å². The van der Waals surface area contributed by atoms with Gasteiger partial charge in [-0.1, -0.05) is 5.16 Å². The maximum Gasteiger partial charge on any atom is 0.387 e. The number of nitrogens with zero attached hydrogens (tertiary/aromatic N) is 4. The number of hydrogen-bond donors (Lipinski definition) is 0. The molecule has 26 heavy (non-hydrogen) atoms. The van der Waals surface area contributed by atoms with Crippen LogP contribution in [0, 0.1) is 0 Å². The lowest BCUT2D eigenvalue weighted by Gasteiger charge is -2.16. The van der Waals surface area contributed by atoms with Gasteiger partial charge in [-0.15, -0.1) is 0 Å². The minimum absolute atomic E-state index is 0.0495. The Labute approximate surface area is 149 Å². The fourth-order valence-corrected chi connectivity index (χ4v) is 2.10. The van der Waals surface area contributed by atoms with E-state index in [1.54, 1.807) is 26.0 Å². The van der Waals surface area contributed by atoms with Crippen molar-refractivity contribution in [2.75, 3.05) is 34.8 Å². The number of carbonyl (C=O) groups excluding carboxylic acids is 1. The summed E-state index contributed by atoms with van der Waals surface area (Å²) in [5, 5.41) is 3.87. The average molecular weight is 370 g/mol. The van der Waals surface area contributed by atoms with Crippen molar-refractivity contribution in [1.82, 2.24) is 19.9 Å². The fourth-order valence-electron chi connectivity index (χ4n) is 2.10. The Morgan fingerprint density at radius 3 is 2.62 bits per heavy atom. The van der Waals surface area contributed by atoms with Crippen LogP contribution in [0.1, 0.15) is 5.89 Å². The lowest BCUT2D eigenvalue weighted by molar-refractivity contribution is -0.129. The molecule has 0 radical (unpaired) electrons. The highest BCUT2D eigenvalue weighted by Crippen LogP contribution is 2.32. The van der Waals surface area contributed by atoms with Crippen LogP contribution in [0.5, 0.6) is 11.5 Å². The quantitative estimate of drug-likeness (QED) is 0.702. The molecule has 0 N–H and O–H groups in total. The number of rotatable bonds is 8. The average Bonchev–Trinajstić information content (AvgIpc) is 3.02. The molecule has 2 aromatic rings. The van der Waals surface area contributed by atoms with Gasteiger partial charge in [0.2, 0.25) is 17.6 Å². The standard InChI is InChI=1S/C16H20F2N4O4/c1-21(2)14(23)9-22(3)8-13-19-15(20-26-13)10-5-6-11(25-16(17)18)12(7-10)24-4/h5-7,16H,8-9H2,1-4H3. The monoisotopic (exact) mass is 370 g/mol. The molecule has 1 aromatic heterocycles. The second-order valence-electron chi connectivity index (χ2n) is 5.72. The normalized spacial score (nSPS) is 11.1. The molecule has 1 amide bonds. The van der Waals surface area contributed by atoms with E-state index in [2.05, 4.69) is 14.9 Å². The molecule has 1 aromatic carbocycles. The zero-order chi connectivity index (χ0) is 19.3. The van der Waals surface area contributed by atoms with Crippen LogP contribution in [0.15, 0.2) is 22.7 Å². The number of halogens is 2. The van der Waals surface area contributed by atoms with Crippen molar-refractivity contribution in [3.05, 3.63) is 24.1 Å². The van der Waals surface area contributed by atoms with Crippen LogP contribution >= 0.6 is 0 Å². The van der Waals surface area contributed by atoms with Crippen molar-refractivity contribution in [2.45, 2.75) is 13.2 Å². The molecule has 0 saturated heterocycles. The summed E-state index contributed by atoms with van der Waals surface area (Å²) in [6, 6.07) is 4.35. The summed E-state index contributed by atoms with van der Waals surface area (Å²) in [6.07, 6.45) is 0. The summed E-state index contributed by atoms with van der Waals surface area (Å²) >= 11 is 0. The third-order valence-corrected chi connectivity index (χ3v) is 3.42. The lowest BCUT2D eigenvalue weighted by atomic mass is 10.2. The van der Waals surface area contributed by atoms with Gasteiger partial charge in [-0.25, -0.2) is 0 Å². The Morgan fingerprint density at radius 1 is 1.27 bits per heavy atom. The number of methoxy groups -OCH3 is 1. The topological polar surface area (TPSA) is 80.9 Å². The molecule has 8 nitrogen and oxygen atoms in total. The van der Waals surface area contributed by atoms with E-state index in [-0.39, 0.29) is 36.3 Å². The molecule has 0 bridgehead atoms. The van der Waals surface area contributed by atoms with Crippen LogP contribution < -0.4 is 9.47 Å². The van der Waals surface area contributed by atoms with Crippen LogP contribution in [0.3, 0.4) is 0 Å². The first-order valence-electron chi connectivity index (χ1n) is 7.64. The Hall–Kier alpha value is -2.75. The molecule has 0 aliphatic heterocycles. The summed E-state index contributed by atoms with van der Waals surface area (Å²) < 4.78 is 39.4. The van der Waals surface area contributed by atoms with E-state index in [0.29, 0.717) is 11.5 Å². The van der Waals surface area contributed by atoms with Crippen molar-refractivity contribution in [2.24, 2.45) is 0 Å². The van der Waals surface area contributed by atoms with Crippen molar-refractivity contribution in [3.63, 3.8) is 0 Å².